The van der Waals surface area contributed by atoms with Crippen LogP contribution in [0.4, 0.5) is 5.69 Å². The SMILES string of the molecule is O=C(COc1c(Br)cc(Br)cc1Br)N/N=C\c1ccc(-c2ccc([N+](=O)[O-])cc2)o1. The van der Waals surface area contributed by atoms with Crippen LogP contribution >= 0.6 is 47.8 Å². The van der Waals surface area contributed by atoms with Crippen molar-refractivity contribution in [2.45, 2.75) is 0 Å². The molecule has 3 rings (SSSR count). The molecule has 11 heteroatoms. The van der Waals surface area contributed by atoms with Gasteiger partial charge in [-0.25, -0.2) is 5.43 Å². The molecule has 1 aromatic heterocycles. The smallest absolute Gasteiger partial charge is 0.277 e. The maximum absolute atomic E-state index is 11.9. The molecule has 0 saturated heterocycles. The van der Waals surface area contributed by atoms with Gasteiger partial charge < -0.3 is 9.15 Å². The second-order valence-electron chi connectivity index (χ2n) is 5.79. The van der Waals surface area contributed by atoms with Gasteiger partial charge in [0.05, 0.1) is 20.1 Å². The molecule has 0 radical (unpaired) electrons. The molecule has 0 aliphatic carbocycles. The van der Waals surface area contributed by atoms with E-state index < -0.39 is 10.8 Å². The number of hydrazone groups is 1. The number of nitrogens with zero attached hydrogens (tertiary/aromatic N) is 2. The fourth-order valence-electron chi connectivity index (χ4n) is 2.33. The van der Waals surface area contributed by atoms with Crippen molar-refractivity contribution in [2.75, 3.05) is 6.61 Å². The second kappa shape index (κ2) is 10.0. The molecule has 8 nitrogen and oxygen atoms in total. The highest BCUT2D eigenvalue weighted by Crippen LogP contribution is 2.36. The minimum Gasteiger partial charge on any atom is -0.481 e. The number of rotatable bonds is 7. The normalized spacial score (nSPS) is 10.9. The van der Waals surface area contributed by atoms with Crippen LogP contribution in [0.1, 0.15) is 5.76 Å². The third kappa shape index (κ3) is 5.77. The van der Waals surface area contributed by atoms with Gasteiger partial charge in [-0.1, -0.05) is 15.9 Å². The zero-order valence-corrected chi connectivity index (χ0v) is 19.7. The van der Waals surface area contributed by atoms with E-state index in [1.54, 1.807) is 36.4 Å². The predicted octanol–water partition coefficient (Wildman–Crippen LogP) is 5.67. The summed E-state index contributed by atoms with van der Waals surface area (Å²) in [4.78, 5) is 22.2. The van der Waals surface area contributed by atoms with Gasteiger partial charge in [0.15, 0.2) is 6.61 Å². The summed E-state index contributed by atoms with van der Waals surface area (Å²) in [5, 5.41) is 14.6. The standard InChI is InChI=1S/C19H12Br3N3O5/c20-12-7-15(21)19(16(22)8-12)29-10-18(26)24-23-9-14-5-6-17(30-14)11-1-3-13(4-2-11)25(27)28/h1-9H,10H2,(H,24,26)/b23-9-. The first-order chi connectivity index (χ1) is 14.3. The number of halogens is 3. The van der Waals surface area contributed by atoms with E-state index in [9.17, 15) is 14.9 Å². The number of nitrogens with one attached hydrogen (secondary N) is 1. The van der Waals surface area contributed by atoms with Crippen LogP contribution in [0.5, 0.6) is 5.75 Å². The number of ether oxygens (including phenoxy) is 1. The molecule has 30 heavy (non-hydrogen) atoms. The van der Waals surface area contributed by atoms with E-state index in [0.29, 0.717) is 31.8 Å². The van der Waals surface area contributed by atoms with Crippen LogP contribution in [-0.2, 0) is 4.79 Å². The van der Waals surface area contributed by atoms with Crippen LogP contribution in [0.2, 0.25) is 0 Å². The molecular weight excluding hydrogens is 590 g/mol. The lowest BCUT2D eigenvalue weighted by atomic mass is 10.1. The lowest BCUT2D eigenvalue weighted by Crippen LogP contribution is -2.24. The van der Waals surface area contributed by atoms with Crippen LogP contribution in [-0.4, -0.2) is 23.7 Å². The molecule has 1 heterocycles. The molecular formula is C19H12Br3N3O5. The molecule has 0 unspecified atom stereocenters. The van der Waals surface area contributed by atoms with Crippen LogP contribution in [0.25, 0.3) is 11.3 Å². The van der Waals surface area contributed by atoms with Gasteiger partial charge in [0.2, 0.25) is 0 Å². The van der Waals surface area contributed by atoms with Crippen molar-refractivity contribution in [1.29, 1.82) is 0 Å². The van der Waals surface area contributed by atoms with E-state index in [4.69, 9.17) is 9.15 Å². The third-order valence-corrected chi connectivity index (χ3v) is 5.32. The molecule has 154 valence electrons. The molecule has 0 fully saturated rings. The van der Waals surface area contributed by atoms with Gasteiger partial charge in [0.1, 0.15) is 17.3 Å². The van der Waals surface area contributed by atoms with Crippen LogP contribution < -0.4 is 10.2 Å². The summed E-state index contributed by atoms with van der Waals surface area (Å²) in [6.45, 7) is -0.234. The number of nitro benzene ring substituents is 1. The fraction of sp³-hybridized carbons (Fsp3) is 0.0526. The first-order valence-electron chi connectivity index (χ1n) is 8.27. The zero-order valence-electron chi connectivity index (χ0n) is 15.0. The Bertz CT molecular complexity index is 1090. The Balaban J connectivity index is 1.54. The lowest BCUT2D eigenvalue weighted by Gasteiger charge is -2.09. The Kier molecular flexibility index (Phi) is 7.40. The van der Waals surface area contributed by atoms with Crippen molar-refractivity contribution in [2.24, 2.45) is 5.10 Å². The number of nitro groups is 1. The van der Waals surface area contributed by atoms with Crippen molar-refractivity contribution in [1.82, 2.24) is 5.43 Å². The molecule has 0 atom stereocenters. The van der Waals surface area contributed by atoms with Crippen molar-refractivity contribution in [3.8, 4) is 17.1 Å². The lowest BCUT2D eigenvalue weighted by molar-refractivity contribution is -0.384. The van der Waals surface area contributed by atoms with Gasteiger partial charge in [0, 0.05) is 22.2 Å². The second-order valence-corrected chi connectivity index (χ2v) is 8.41. The third-order valence-electron chi connectivity index (χ3n) is 3.68. The largest absolute Gasteiger partial charge is 0.481 e. The minimum absolute atomic E-state index is 0.000722. The van der Waals surface area contributed by atoms with Gasteiger partial charge in [-0.05, 0) is 68.3 Å². The van der Waals surface area contributed by atoms with Gasteiger partial charge >= 0.3 is 0 Å². The molecule has 2 aromatic carbocycles. The first-order valence-corrected chi connectivity index (χ1v) is 10.7. The van der Waals surface area contributed by atoms with Crippen LogP contribution in [0.15, 0.2) is 71.5 Å². The summed E-state index contributed by atoms with van der Waals surface area (Å²) in [5.74, 6) is 0.972. The summed E-state index contributed by atoms with van der Waals surface area (Å²) in [7, 11) is 0. The number of carbonyl (C=O) groups is 1. The Labute approximate surface area is 195 Å². The van der Waals surface area contributed by atoms with E-state index in [1.165, 1.54) is 18.3 Å². The van der Waals surface area contributed by atoms with Gasteiger partial charge in [0.25, 0.3) is 11.6 Å². The molecule has 1 N–H and O–H groups in total. The number of hydrogen-bond acceptors (Lipinski definition) is 6. The molecule has 3 aromatic rings. The van der Waals surface area contributed by atoms with Crippen LogP contribution in [0.3, 0.4) is 0 Å². The molecule has 0 bridgehead atoms. The van der Waals surface area contributed by atoms with Gasteiger partial charge in [-0.2, -0.15) is 5.10 Å². The average molecular weight is 602 g/mol. The monoisotopic (exact) mass is 599 g/mol. The summed E-state index contributed by atoms with van der Waals surface area (Å²) in [5.41, 5.74) is 3.03. The Morgan fingerprint density at radius 2 is 1.80 bits per heavy atom. The van der Waals surface area contributed by atoms with E-state index in [-0.39, 0.29) is 12.3 Å². The minimum atomic E-state index is -0.468. The summed E-state index contributed by atoms with van der Waals surface area (Å²) in [6, 6.07) is 13.0. The predicted molar refractivity (Wildman–Crippen MR) is 122 cm³/mol. The van der Waals surface area contributed by atoms with Crippen molar-refractivity contribution in [3.63, 3.8) is 0 Å². The first kappa shape index (κ1) is 22.2. The van der Waals surface area contributed by atoms with E-state index in [1.807, 2.05) is 0 Å². The number of furan rings is 1. The van der Waals surface area contributed by atoms with Crippen molar-refractivity contribution >= 4 is 65.6 Å². The highest BCUT2D eigenvalue weighted by molar-refractivity contribution is 9.11. The maximum atomic E-state index is 11.9. The highest BCUT2D eigenvalue weighted by Gasteiger charge is 2.11. The van der Waals surface area contributed by atoms with E-state index in [2.05, 4.69) is 58.3 Å². The summed E-state index contributed by atoms with van der Waals surface area (Å²) in [6.07, 6.45) is 1.35. The van der Waals surface area contributed by atoms with Crippen molar-refractivity contribution < 1.29 is 18.9 Å². The molecule has 0 saturated carbocycles. The highest BCUT2D eigenvalue weighted by atomic mass is 79.9. The molecule has 0 aliphatic heterocycles. The summed E-state index contributed by atoms with van der Waals surface area (Å²) < 4.78 is 13.3. The van der Waals surface area contributed by atoms with Gasteiger partial charge in [-0.15, -0.1) is 0 Å². The molecule has 1 amide bonds. The molecule has 0 spiro atoms. The number of non-ortho nitro benzene ring substituents is 1. The Morgan fingerprint density at radius 1 is 1.13 bits per heavy atom. The molecule has 0 aliphatic rings. The van der Waals surface area contributed by atoms with Gasteiger partial charge in [-0.3, -0.25) is 14.9 Å². The van der Waals surface area contributed by atoms with Crippen molar-refractivity contribution in [3.05, 3.63) is 77.8 Å². The maximum Gasteiger partial charge on any atom is 0.277 e. The number of carbonyl (C=O) groups excluding carboxylic acids is 1. The fourth-order valence-corrected chi connectivity index (χ4v) is 4.82. The van der Waals surface area contributed by atoms with Crippen LogP contribution in [0, 0.1) is 10.1 Å². The Hall–Kier alpha value is -2.50. The van der Waals surface area contributed by atoms with E-state index >= 15 is 0 Å². The summed E-state index contributed by atoms with van der Waals surface area (Å²) >= 11 is 10.1. The Morgan fingerprint density at radius 3 is 2.43 bits per heavy atom. The quantitative estimate of drug-likeness (QED) is 0.213. The number of benzene rings is 2. The zero-order chi connectivity index (χ0) is 21.7. The average Bonchev–Trinajstić information content (AvgIpc) is 3.16. The number of amides is 1. The topological polar surface area (TPSA) is 107 Å². The number of hydrogen-bond donors (Lipinski definition) is 1. The van der Waals surface area contributed by atoms with E-state index in [0.717, 1.165) is 4.47 Å².